The topological polar surface area (TPSA) is 75.3 Å². The monoisotopic (exact) mass is 344 g/mol. The molecule has 112 valence electrons. The summed E-state index contributed by atoms with van der Waals surface area (Å²) in [6, 6.07) is 9.84. The third-order valence-electron chi connectivity index (χ3n) is 2.51. The summed E-state index contributed by atoms with van der Waals surface area (Å²) in [6.07, 6.45) is 0. The maximum atomic E-state index is 12.0. The van der Waals surface area contributed by atoms with Crippen molar-refractivity contribution in [2.24, 2.45) is 0 Å². The van der Waals surface area contributed by atoms with Crippen LogP contribution in [0.15, 0.2) is 40.6 Å². The molecule has 5 nitrogen and oxygen atoms in total. The number of anilines is 1. The number of rotatable bonds is 5. The largest absolute Gasteiger partial charge is 0.325 e. The third kappa shape index (κ3) is 4.53. The van der Waals surface area contributed by atoms with Crippen LogP contribution in [0.5, 0.6) is 0 Å². The average Bonchev–Trinajstić information content (AvgIpc) is 2.84. The summed E-state index contributed by atoms with van der Waals surface area (Å²) in [5.74, 6) is -0.464. The van der Waals surface area contributed by atoms with E-state index in [0.717, 1.165) is 16.2 Å². The van der Waals surface area contributed by atoms with Crippen LogP contribution >= 0.6 is 22.9 Å². The quantitative estimate of drug-likeness (QED) is 0.875. The van der Waals surface area contributed by atoms with Crippen LogP contribution in [0.4, 0.5) is 5.69 Å². The van der Waals surface area contributed by atoms with Crippen LogP contribution in [0.25, 0.3) is 0 Å². The van der Waals surface area contributed by atoms with Gasteiger partial charge in [-0.1, -0.05) is 17.7 Å². The molecule has 2 aromatic rings. The molecule has 0 aliphatic carbocycles. The molecule has 0 bridgehead atoms. The van der Waals surface area contributed by atoms with Gasteiger partial charge in [0.25, 0.3) is 10.0 Å². The number of hydrogen-bond acceptors (Lipinski definition) is 4. The first-order chi connectivity index (χ1) is 9.87. The zero-order valence-corrected chi connectivity index (χ0v) is 13.5. The number of sulfonamides is 1. The highest BCUT2D eigenvalue weighted by molar-refractivity contribution is 7.91. The van der Waals surface area contributed by atoms with Crippen molar-refractivity contribution in [1.29, 1.82) is 0 Å². The van der Waals surface area contributed by atoms with Gasteiger partial charge < -0.3 is 5.32 Å². The van der Waals surface area contributed by atoms with Gasteiger partial charge in [-0.2, -0.15) is 0 Å². The molecule has 0 saturated carbocycles. The highest BCUT2D eigenvalue weighted by Gasteiger charge is 2.17. The normalized spacial score (nSPS) is 11.3. The number of halogens is 1. The van der Waals surface area contributed by atoms with Gasteiger partial charge in [0.05, 0.1) is 6.54 Å². The van der Waals surface area contributed by atoms with Gasteiger partial charge in [-0.05, 0) is 37.3 Å². The van der Waals surface area contributed by atoms with Crippen molar-refractivity contribution in [3.8, 4) is 0 Å². The molecule has 1 heterocycles. The molecule has 0 radical (unpaired) electrons. The van der Waals surface area contributed by atoms with E-state index in [-0.39, 0.29) is 10.8 Å². The minimum absolute atomic E-state index is 0.190. The zero-order valence-electron chi connectivity index (χ0n) is 11.1. The summed E-state index contributed by atoms with van der Waals surface area (Å²) < 4.78 is 26.4. The second-order valence-corrected chi connectivity index (χ2v) is 7.97. The van der Waals surface area contributed by atoms with Crippen molar-refractivity contribution in [3.05, 3.63) is 46.3 Å². The number of amides is 1. The number of aryl methyl sites for hydroxylation is 1. The van der Waals surface area contributed by atoms with E-state index in [4.69, 9.17) is 11.6 Å². The second kappa shape index (κ2) is 6.57. The van der Waals surface area contributed by atoms with Crippen molar-refractivity contribution in [1.82, 2.24) is 4.72 Å². The Kier molecular flexibility index (Phi) is 5.00. The van der Waals surface area contributed by atoms with Gasteiger partial charge in [-0.15, -0.1) is 11.3 Å². The summed E-state index contributed by atoms with van der Waals surface area (Å²) in [7, 11) is -3.65. The molecule has 0 fully saturated rings. The standard InChI is InChI=1S/C13H13ClN2O3S2/c1-9-5-6-13(20-9)21(18,19)15-8-12(17)16-11-4-2-3-10(14)7-11/h2-7,15H,8H2,1H3,(H,16,17). The van der Waals surface area contributed by atoms with Crippen molar-refractivity contribution >= 4 is 44.6 Å². The number of benzene rings is 1. The third-order valence-corrected chi connectivity index (χ3v) is 5.64. The zero-order chi connectivity index (χ0) is 15.5. The molecule has 1 amide bonds. The molecule has 0 aliphatic rings. The smallest absolute Gasteiger partial charge is 0.250 e. The van der Waals surface area contributed by atoms with E-state index >= 15 is 0 Å². The lowest BCUT2D eigenvalue weighted by atomic mass is 10.3. The Morgan fingerprint density at radius 1 is 1.29 bits per heavy atom. The van der Waals surface area contributed by atoms with Crippen LogP contribution < -0.4 is 10.0 Å². The lowest BCUT2D eigenvalue weighted by Gasteiger charge is -2.07. The summed E-state index contributed by atoms with van der Waals surface area (Å²) in [5.41, 5.74) is 0.513. The van der Waals surface area contributed by atoms with Crippen LogP contribution in [0.3, 0.4) is 0 Å². The van der Waals surface area contributed by atoms with Gasteiger partial charge in [-0.3, -0.25) is 4.79 Å². The fourth-order valence-electron chi connectivity index (χ4n) is 1.56. The molecule has 2 rings (SSSR count). The van der Waals surface area contributed by atoms with Gasteiger partial charge in [-0.25, -0.2) is 13.1 Å². The van der Waals surface area contributed by atoms with Gasteiger partial charge in [0.15, 0.2) is 0 Å². The first-order valence-electron chi connectivity index (χ1n) is 5.98. The Bertz CT molecular complexity index is 756. The van der Waals surface area contributed by atoms with Crippen LogP contribution in [0, 0.1) is 6.92 Å². The molecule has 8 heteroatoms. The molecule has 0 saturated heterocycles. The fraction of sp³-hybridized carbons (Fsp3) is 0.154. The maximum Gasteiger partial charge on any atom is 0.250 e. The predicted octanol–water partition coefficient (Wildman–Crippen LogP) is 2.63. The Morgan fingerprint density at radius 3 is 2.67 bits per heavy atom. The Labute approximate surface area is 132 Å². The molecule has 21 heavy (non-hydrogen) atoms. The Balaban J connectivity index is 1.95. The highest BCUT2D eigenvalue weighted by Crippen LogP contribution is 2.20. The molecular weight excluding hydrogens is 332 g/mol. The number of carbonyl (C=O) groups excluding carboxylic acids is 1. The van der Waals surface area contributed by atoms with Crippen LogP contribution in [0.2, 0.25) is 5.02 Å². The highest BCUT2D eigenvalue weighted by atomic mass is 35.5. The molecule has 1 aromatic heterocycles. The molecule has 0 atom stereocenters. The number of hydrogen-bond donors (Lipinski definition) is 2. The minimum atomic E-state index is -3.65. The lowest BCUT2D eigenvalue weighted by Crippen LogP contribution is -2.32. The van der Waals surface area contributed by atoms with E-state index in [1.165, 1.54) is 6.07 Å². The number of carbonyl (C=O) groups is 1. The van der Waals surface area contributed by atoms with Crippen LogP contribution in [-0.4, -0.2) is 20.9 Å². The summed E-state index contributed by atoms with van der Waals surface area (Å²) in [4.78, 5) is 12.6. The fourth-order valence-corrected chi connectivity index (χ4v) is 4.06. The first-order valence-corrected chi connectivity index (χ1v) is 8.66. The van der Waals surface area contributed by atoms with E-state index < -0.39 is 15.9 Å². The summed E-state index contributed by atoms with van der Waals surface area (Å²) >= 11 is 6.95. The summed E-state index contributed by atoms with van der Waals surface area (Å²) in [5, 5.41) is 3.05. The number of thiophene rings is 1. The van der Waals surface area contributed by atoms with Gasteiger partial charge in [0.1, 0.15) is 4.21 Å². The SMILES string of the molecule is Cc1ccc(S(=O)(=O)NCC(=O)Nc2cccc(Cl)c2)s1. The second-order valence-electron chi connectivity index (χ2n) is 4.25. The van der Waals surface area contributed by atoms with E-state index in [1.807, 2.05) is 6.92 Å². The van der Waals surface area contributed by atoms with Crippen LogP contribution in [0.1, 0.15) is 4.88 Å². The summed E-state index contributed by atoms with van der Waals surface area (Å²) in [6.45, 7) is 1.47. The minimum Gasteiger partial charge on any atom is -0.325 e. The van der Waals surface area contributed by atoms with Gasteiger partial charge in [0, 0.05) is 15.6 Å². The average molecular weight is 345 g/mol. The van der Waals surface area contributed by atoms with E-state index in [2.05, 4.69) is 10.0 Å². The van der Waals surface area contributed by atoms with Crippen molar-refractivity contribution < 1.29 is 13.2 Å². The van der Waals surface area contributed by atoms with Crippen molar-refractivity contribution in [2.75, 3.05) is 11.9 Å². The molecule has 0 spiro atoms. The Morgan fingerprint density at radius 2 is 2.05 bits per heavy atom. The lowest BCUT2D eigenvalue weighted by molar-refractivity contribution is -0.115. The van der Waals surface area contributed by atoms with Crippen molar-refractivity contribution in [3.63, 3.8) is 0 Å². The molecule has 2 N–H and O–H groups in total. The number of nitrogens with one attached hydrogen (secondary N) is 2. The molecule has 0 aliphatic heterocycles. The predicted molar refractivity (Wildman–Crippen MR) is 84.3 cm³/mol. The van der Waals surface area contributed by atoms with E-state index in [0.29, 0.717) is 10.7 Å². The van der Waals surface area contributed by atoms with E-state index in [1.54, 1.807) is 30.3 Å². The van der Waals surface area contributed by atoms with E-state index in [9.17, 15) is 13.2 Å². The molecular formula is C13H13ClN2O3S2. The molecule has 1 aromatic carbocycles. The van der Waals surface area contributed by atoms with Crippen LogP contribution in [-0.2, 0) is 14.8 Å². The van der Waals surface area contributed by atoms with Crippen molar-refractivity contribution in [2.45, 2.75) is 11.1 Å². The Hall–Kier alpha value is -1.41. The first kappa shape index (κ1) is 16.0. The van der Waals surface area contributed by atoms with Gasteiger partial charge in [0.2, 0.25) is 5.91 Å². The maximum absolute atomic E-state index is 12.0. The van der Waals surface area contributed by atoms with Gasteiger partial charge >= 0.3 is 0 Å². The molecule has 0 unspecified atom stereocenters.